The molecule has 18 heavy (non-hydrogen) atoms. The van der Waals surface area contributed by atoms with Crippen LogP contribution < -0.4 is 0 Å². The number of carbonyl (C=O) groups is 1. The van der Waals surface area contributed by atoms with Gasteiger partial charge in [-0.3, -0.25) is 4.79 Å². The highest BCUT2D eigenvalue weighted by atomic mass is 35.5. The quantitative estimate of drug-likeness (QED) is 0.613. The van der Waals surface area contributed by atoms with Crippen LogP contribution in [-0.2, 0) is 0 Å². The molecule has 0 aliphatic carbocycles. The van der Waals surface area contributed by atoms with Gasteiger partial charge in [0, 0.05) is 17.0 Å². The van der Waals surface area contributed by atoms with Crippen LogP contribution in [-0.4, -0.2) is 16.2 Å². The fourth-order valence-electron chi connectivity index (χ4n) is 2.12. The normalized spacial score (nSPS) is 10.7. The van der Waals surface area contributed by atoms with Crippen molar-refractivity contribution in [1.29, 1.82) is 0 Å². The third-order valence-electron chi connectivity index (χ3n) is 2.95. The summed E-state index contributed by atoms with van der Waals surface area (Å²) in [7, 11) is 0. The van der Waals surface area contributed by atoms with Gasteiger partial charge in [0.15, 0.2) is 5.78 Å². The Morgan fingerprint density at radius 2 is 2.00 bits per heavy atom. The molecule has 0 spiro atoms. The molecule has 0 bridgehead atoms. The smallest absolute Gasteiger partial charge is 0.179 e. The maximum Gasteiger partial charge on any atom is 0.179 e. The molecule has 1 aromatic heterocycles. The molecule has 2 rings (SSSR count). The van der Waals surface area contributed by atoms with E-state index in [2.05, 4.69) is 0 Å². The van der Waals surface area contributed by atoms with Crippen molar-refractivity contribution < 1.29 is 9.18 Å². The van der Waals surface area contributed by atoms with Crippen LogP contribution in [0.4, 0.5) is 4.39 Å². The Morgan fingerprint density at radius 1 is 1.33 bits per heavy atom. The van der Waals surface area contributed by atoms with Crippen LogP contribution in [0.5, 0.6) is 0 Å². The molecule has 0 saturated heterocycles. The monoisotopic (exact) mass is 265 g/mol. The minimum absolute atomic E-state index is 0.0679. The van der Waals surface area contributed by atoms with Crippen LogP contribution in [0.1, 0.15) is 21.7 Å². The summed E-state index contributed by atoms with van der Waals surface area (Å²) in [6, 6.07) is 8.23. The van der Waals surface area contributed by atoms with Gasteiger partial charge in [-0.2, -0.15) is 0 Å². The largest absolute Gasteiger partial charge is 0.315 e. The standard InChI is InChI=1S/C14H13ClFNO/c1-9-7-11(14(18)8-15)10(2)17(9)13-6-4-3-5-12(13)16/h3-7H,8H2,1-2H3. The lowest BCUT2D eigenvalue weighted by molar-refractivity contribution is 0.102. The minimum atomic E-state index is -0.316. The molecule has 2 aromatic rings. The van der Waals surface area contributed by atoms with Gasteiger partial charge in [0.1, 0.15) is 5.82 Å². The Kier molecular flexibility index (Phi) is 3.53. The molecule has 0 fully saturated rings. The number of rotatable bonds is 3. The number of para-hydroxylation sites is 1. The number of benzene rings is 1. The first-order valence-corrected chi connectivity index (χ1v) is 6.12. The van der Waals surface area contributed by atoms with E-state index >= 15 is 0 Å². The molecule has 94 valence electrons. The molecule has 4 heteroatoms. The van der Waals surface area contributed by atoms with Gasteiger partial charge in [0.05, 0.1) is 11.6 Å². The summed E-state index contributed by atoms with van der Waals surface area (Å²) in [6.45, 7) is 3.63. The van der Waals surface area contributed by atoms with Gasteiger partial charge in [0.2, 0.25) is 0 Å². The van der Waals surface area contributed by atoms with Gasteiger partial charge in [-0.05, 0) is 32.0 Å². The number of aromatic nitrogens is 1. The molecular weight excluding hydrogens is 253 g/mol. The lowest BCUT2D eigenvalue weighted by Gasteiger charge is -2.10. The zero-order valence-corrected chi connectivity index (χ0v) is 11.0. The maximum atomic E-state index is 13.8. The van der Waals surface area contributed by atoms with Gasteiger partial charge < -0.3 is 4.57 Å². The maximum absolute atomic E-state index is 13.8. The van der Waals surface area contributed by atoms with Crippen molar-refractivity contribution >= 4 is 17.4 Å². The summed E-state index contributed by atoms with van der Waals surface area (Å²) in [4.78, 5) is 11.7. The van der Waals surface area contributed by atoms with E-state index in [9.17, 15) is 9.18 Å². The van der Waals surface area contributed by atoms with Gasteiger partial charge in [-0.15, -0.1) is 11.6 Å². The molecule has 1 aromatic carbocycles. The number of hydrogen-bond acceptors (Lipinski definition) is 1. The number of aryl methyl sites for hydroxylation is 1. The highest BCUT2D eigenvalue weighted by Crippen LogP contribution is 2.23. The lowest BCUT2D eigenvalue weighted by atomic mass is 10.2. The number of alkyl halides is 1. The highest BCUT2D eigenvalue weighted by Gasteiger charge is 2.17. The summed E-state index contributed by atoms with van der Waals surface area (Å²) in [5.74, 6) is -0.529. The molecule has 0 unspecified atom stereocenters. The summed E-state index contributed by atoms with van der Waals surface area (Å²) >= 11 is 5.56. The zero-order chi connectivity index (χ0) is 13.3. The van der Waals surface area contributed by atoms with E-state index in [0.717, 1.165) is 5.69 Å². The van der Waals surface area contributed by atoms with E-state index in [0.29, 0.717) is 16.9 Å². The van der Waals surface area contributed by atoms with Crippen LogP contribution in [0.2, 0.25) is 0 Å². The third kappa shape index (κ3) is 2.06. The Labute approximate surface area is 110 Å². The number of Topliss-reactive ketones (excluding diaryl/α,β-unsaturated/α-hetero) is 1. The fraction of sp³-hybridized carbons (Fsp3) is 0.214. The Bertz CT molecular complexity index is 604. The van der Waals surface area contributed by atoms with E-state index < -0.39 is 0 Å². The fourth-order valence-corrected chi connectivity index (χ4v) is 2.26. The van der Waals surface area contributed by atoms with Crippen LogP contribution in [0.15, 0.2) is 30.3 Å². The minimum Gasteiger partial charge on any atom is -0.315 e. The first-order valence-electron chi connectivity index (χ1n) is 5.59. The predicted molar refractivity (Wildman–Crippen MR) is 70.3 cm³/mol. The van der Waals surface area contributed by atoms with Crippen molar-refractivity contribution in [3.05, 3.63) is 53.1 Å². The summed E-state index contributed by atoms with van der Waals surface area (Å²) in [5.41, 5.74) is 2.51. The molecule has 0 atom stereocenters. The van der Waals surface area contributed by atoms with Crippen LogP contribution >= 0.6 is 11.6 Å². The topological polar surface area (TPSA) is 22.0 Å². The number of carbonyl (C=O) groups excluding carboxylic acids is 1. The molecule has 2 nitrogen and oxygen atoms in total. The lowest BCUT2D eigenvalue weighted by Crippen LogP contribution is -2.05. The third-order valence-corrected chi connectivity index (χ3v) is 3.19. The average molecular weight is 266 g/mol. The Hall–Kier alpha value is -1.61. The van der Waals surface area contributed by atoms with Crippen molar-refractivity contribution in [2.75, 3.05) is 5.88 Å². The van der Waals surface area contributed by atoms with Gasteiger partial charge in [-0.25, -0.2) is 4.39 Å². The summed E-state index contributed by atoms with van der Waals surface area (Å²) in [5, 5.41) is 0. The molecule has 0 amide bonds. The van der Waals surface area contributed by atoms with E-state index in [-0.39, 0.29) is 17.5 Å². The first kappa shape index (κ1) is 12.8. The average Bonchev–Trinajstić information content (AvgIpc) is 2.65. The van der Waals surface area contributed by atoms with Crippen molar-refractivity contribution in [3.8, 4) is 5.69 Å². The molecule has 0 aliphatic rings. The van der Waals surface area contributed by atoms with Crippen LogP contribution in [0.3, 0.4) is 0 Å². The number of halogens is 2. The van der Waals surface area contributed by atoms with Gasteiger partial charge in [0.25, 0.3) is 0 Å². The van der Waals surface area contributed by atoms with Gasteiger partial charge >= 0.3 is 0 Å². The van der Waals surface area contributed by atoms with E-state index in [4.69, 9.17) is 11.6 Å². The van der Waals surface area contributed by atoms with Gasteiger partial charge in [-0.1, -0.05) is 12.1 Å². The second kappa shape index (κ2) is 4.94. The highest BCUT2D eigenvalue weighted by molar-refractivity contribution is 6.30. The second-order valence-electron chi connectivity index (χ2n) is 4.13. The SMILES string of the molecule is Cc1cc(C(=O)CCl)c(C)n1-c1ccccc1F. The molecule has 0 radical (unpaired) electrons. The van der Waals surface area contributed by atoms with E-state index in [1.807, 2.05) is 6.92 Å². The molecule has 0 N–H and O–H groups in total. The summed E-state index contributed by atoms with van der Waals surface area (Å²) in [6.07, 6.45) is 0. The van der Waals surface area contributed by atoms with Crippen LogP contribution in [0.25, 0.3) is 5.69 Å². The van der Waals surface area contributed by atoms with Crippen molar-refractivity contribution in [2.24, 2.45) is 0 Å². The van der Waals surface area contributed by atoms with Crippen molar-refractivity contribution in [3.63, 3.8) is 0 Å². The molecular formula is C14H13ClFNO. The Morgan fingerprint density at radius 3 is 2.61 bits per heavy atom. The summed E-state index contributed by atoms with van der Waals surface area (Å²) < 4.78 is 15.5. The first-order chi connectivity index (χ1) is 8.56. The van der Waals surface area contributed by atoms with Crippen LogP contribution in [0, 0.1) is 19.7 Å². The van der Waals surface area contributed by atoms with Crippen molar-refractivity contribution in [1.82, 2.24) is 4.57 Å². The Balaban J connectivity index is 2.63. The molecule has 0 saturated carbocycles. The second-order valence-corrected chi connectivity index (χ2v) is 4.40. The number of ketones is 1. The van der Waals surface area contributed by atoms with Crippen molar-refractivity contribution in [2.45, 2.75) is 13.8 Å². The molecule has 1 heterocycles. The van der Waals surface area contributed by atoms with E-state index in [1.54, 1.807) is 35.8 Å². The van der Waals surface area contributed by atoms with E-state index in [1.165, 1.54) is 6.07 Å². The number of hydrogen-bond donors (Lipinski definition) is 0. The molecule has 0 aliphatic heterocycles. The number of nitrogens with zero attached hydrogens (tertiary/aromatic N) is 1. The predicted octanol–water partition coefficient (Wildman–Crippen LogP) is 3.65. The zero-order valence-electron chi connectivity index (χ0n) is 10.2.